The van der Waals surface area contributed by atoms with Gasteiger partial charge in [-0.05, 0) is 18.2 Å². The number of ether oxygens (including phenoxy) is 1. The number of nitro groups is 1. The van der Waals surface area contributed by atoms with E-state index in [0.29, 0.717) is 11.3 Å². The van der Waals surface area contributed by atoms with Gasteiger partial charge in [0.2, 0.25) is 0 Å². The van der Waals surface area contributed by atoms with Crippen molar-refractivity contribution in [2.75, 3.05) is 6.61 Å². The van der Waals surface area contributed by atoms with Gasteiger partial charge in [0, 0.05) is 23.3 Å². The van der Waals surface area contributed by atoms with Crippen molar-refractivity contribution < 1.29 is 24.4 Å². The van der Waals surface area contributed by atoms with Gasteiger partial charge in [0.25, 0.3) is 11.6 Å². The summed E-state index contributed by atoms with van der Waals surface area (Å²) in [4.78, 5) is 32.6. The molecule has 0 aliphatic carbocycles. The number of nitrogens with one attached hydrogen (secondary N) is 1. The molecule has 0 aromatic heterocycles. The van der Waals surface area contributed by atoms with Crippen molar-refractivity contribution in [1.29, 1.82) is 0 Å². The van der Waals surface area contributed by atoms with E-state index in [9.17, 15) is 19.7 Å². The molecule has 2 N–H and O–H groups in total. The van der Waals surface area contributed by atoms with E-state index in [1.54, 1.807) is 24.3 Å². The number of rotatable bonds is 7. The van der Waals surface area contributed by atoms with E-state index in [1.165, 1.54) is 24.4 Å². The fraction of sp³-hybridized carbons (Fsp3) is 0.0625. The summed E-state index contributed by atoms with van der Waals surface area (Å²) in [5.41, 5.74) is 2.58. The molecule has 1 amide bonds. The molecule has 0 saturated heterocycles. The first-order valence-electron chi connectivity index (χ1n) is 6.99. The standard InChI is InChI=1S/C16H13N3O6/c20-15(21)10-25-14-7-2-1-4-12(14)9-17-18-16(22)11-5-3-6-13(8-11)19(23)24/h1-9H,10H2,(H,18,22)(H,20,21). The fourth-order valence-corrected chi connectivity index (χ4v) is 1.84. The van der Waals surface area contributed by atoms with Crippen molar-refractivity contribution in [3.8, 4) is 5.75 Å². The van der Waals surface area contributed by atoms with Crippen LogP contribution in [0, 0.1) is 10.1 Å². The number of nitro benzene ring substituents is 1. The van der Waals surface area contributed by atoms with Crippen LogP contribution in [0.5, 0.6) is 5.75 Å². The molecule has 128 valence electrons. The molecule has 0 unspecified atom stereocenters. The monoisotopic (exact) mass is 343 g/mol. The van der Waals surface area contributed by atoms with Crippen LogP contribution in [0.15, 0.2) is 53.6 Å². The fourth-order valence-electron chi connectivity index (χ4n) is 1.84. The number of carboxylic acids is 1. The number of aliphatic carboxylic acids is 1. The minimum atomic E-state index is -1.12. The number of hydrogen-bond acceptors (Lipinski definition) is 6. The van der Waals surface area contributed by atoms with Crippen LogP contribution < -0.4 is 10.2 Å². The van der Waals surface area contributed by atoms with Crippen molar-refractivity contribution >= 4 is 23.8 Å². The predicted molar refractivity (Wildman–Crippen MR) is 87.7 cm³/mol. The van der Waals surface area contributed by atoms with E-state index >= 15 is 0 Å². The number of carbonyl (C=O) groups excluding carboxylic acids is 1. The van der Waals surface area contributed by atoms with E-state index in [2.05, 4.69) is 10.5 Å². The Morgan fingerprint density at radius 2 is 2.00 bits per heavy atom. The van der Waals surface area contributed by atoms with Gasteiger partial charge in [0.15, 0.2) is 6.61 Å². The molecule has 0 spiro atoms. The molecule has 2 aromatic rings. The average molecular weight is 343 g/mol. The topological polar surface area (TPSA) is 131 Å². The summed E-state index contributed by atoms with van der Waals surface area (Å²) in [6.45, 7) is -0.509. The first kappa shape index (κ1) is 17.6. The largest absolute Gasteiger partial charge is 0.481 e. The van der Waals surface area contributed by atoms with Crippen LogP contribution >= 0.6 is 0 Å². The Hall–Kier alpha value is -3.75. The zero-order valence-corrected chi connectivity index (χ0v) is 12.8. The number of benzene rings is 2. The van der Waals surface area contributed by atoms with Gasteiger partial charge in [-0.15, -0.1) is 0 Å². The van der Waals surface area contributed by atoms with Gasteiger partial charge < -0.3 is 9.84 Å². The normalized spacial score (nSPS) is 10.4. The van der Waals surface area contributed by atoms with Crippen molar-refractivity contribution in [3.05, 3.63) is 69.8 Å². The van der Waals surface area contributed by atoms with Crippen molar-refractivity contribution in [2.45, 2.75) is 0 Å². The van der Waals surface area contributed by atoms with Gasteiger partial charge in [0.05, 0.1) is 11.1 Å². The second-order valence-corrected chi connectivity index (χ2v) is 4.73. The summed E-state index contributed by atoms with van der Waals surface area (Å²) < 4.78 is 5.10. The number of non-ortho nitro benzene ring substituents is 1. The number of hydrazone groups is 1. The summed E-state index contributed by atoms with van der Waals surface area (Å²) in [7, 11) is 0. The molecule has 0 aliphatic heterocycles. The average Bonchev–Trinajstić information content (AvgIpc) is 2.60. The second-order valence-electron chi connectivity index (χ2n) is 4.73. The highest BCUT2D eigenvalue weighted by atomic mass is 16.6. The molecule has 0 saturated carbocycles. The summed E-state index contributed by atoms with van der Waals surface area (Å²) in [6.07, 6.45) is 1.28. The van der Waals surface area contributed by atoms with Crippen molar-refractivity contribution in [2.24, 2.45) is 5.10 Å². The third-order valence-electron chi connectivity index (χ3n) is 2.96. The molecule has 0 aliphatic rings. The smallest absolute Gasteiger partial charge is 0.341 e. The molecule has 9 nitrogen and oxygen atoms in total. The maximum Gasteiger partial charge on any atom is 0.341 e. The van der Waals surface area contributed by atoms with Crippen LogP contribution in [0.1, 0.15) is 15.9 Å². The molecule has 0 heterocycles. The number of para-hydroxylation sites is 1. The lowest BCUT2D eigenvalue weighted by atomic mass is 10.2. The van der Waals surface area contributed by atoms with Gasteiger partial charge >= 0.3 is 5.97 Å². The molecule has 25 heavy (non-hydrogen) atoms. The third kappa shape index (κ3) is 5.13. The third-order valence-corrected chi connectivity index (χ3v) is 2.96. The van der Waals surface area contributed by atoms with E-state index in [4.69, 9.17) is 9.84 Å². The van der Waals surface area contributed by atoms with Gasteiger partial charge in [-0.3, -0.25) is 14.9 Å². The molecular weight excluding hydrogens is 330 g/mol. The van der Waals surface area contributed by atoms with E-state index in [0.717, 1.165) is 6.07 Å². The maximum absolute atomic E-state index is 12.0. The lowest BCUT2D eigenvalue weighted by Gasteiger charge is -2.06. The van der Waals surface area contributed by atoms with Crippen LogP contribution in [-0.2, 0) is 4.79 Å². The molecule has 0 radical (unpaired) electrons. The zero-order chi connectivity index (χ0) is 18.2. The second kappa shape index (κ2) is 8.20. The highest BCUT2D eigenvalue weighted by Crippen LogP contribution is 2.16. The summed E-state index contributed by atoms with van der Waals surface area (Å²) in [5.74, 6) is -1.45. The molecule has 9 heteroatoms. The highest BCUT2D eigenvalue weighted by Gasteiger charge is 2.10. The van der Waals surface area contributed by atoms with Crippen molar-refractivity contribution in [3.63, 3.8) is 0 Å². The highest BCUT2D eigenvalue weighted by molar-refractivity contribution is 5.95. The van der Waals surface area contributed by atoms with Crippen LogP contribution in [0.4, 0.5) is 5.69 Å². The Labute approximate surface area is 141 Å². The molecule has 2 aromatic carbocycles. The van der Waals surface area contributed by atoms with Crippen LogP contribution in [0.2, 0.25) is 0 Å². The Morgan fingerprint density at radius 1 is 1.24 bits per heavy atom. The molecule has 0 fully saturated rings. The van der Waals surface area contributed by atoms with E-state index in [1.807, 2.05) is 0 Å². The van der Waals surface area contributed by atoms with Crippen LogP contribution in [0.25, 0.3) is 0 Å². The number of carboxylic acid groups (broad SMARTS) is 1. The lowest BCUT2D eigenvalue weighted by molar-refractivity contribution is -0.384. The first-order chi connectivity index (χ1) is 12.0. The van der Waals surface area contributed by atoms with E-state index in [-0.39, 0.29) is 11.3 Å². The Morgan fingerprint density at radius 3 is 2.72 bits per heavy atom. The first-order valence-corrected chi connectivity index (χ1v) is 6.99. The Balaban J connectivity index is 2.06. The van der Waals surface area contributed by atoms with Gasteiger partial charge in [0.1, 0.15) is 5.75 Å². The summed E-state index contributed by atoms with van der Waals surface area (Å²) in [5, 5.41) is 23.1. The van der Waals surface area contributed by atoms with Crippen LogP contribution in [0.3, 0.4) is 0 Å². The van der Waals surface area contributed by atoms with Crippen molar-refractivity contribution in [1.82, 2.24) is 5.43 Å². The Bertz CT molecular complexity index is 834. The molecular formula is C16H13N3O6. The number of carbonyl (C=O) groups is 2. The van der Waals surface area contributed by atoms with E-state index < -0.39 is 23.4 Å². The minimum absolute atomic E-state index is 0.0850. The van der Waals surface area contributed by atoms with Gasteiger partial charge in [-0.1, -0.05) is 18.2 Å². The quantitative estimate of drug-likeness (QED) is 0.448. The number of amides is 1. The Kier molecular flexibility index (Phi) is 5.77. The maximum atomic E-state index is 12.0. The predicted octanol–water partition coefficient (Wildman–Crippen LogP) is 1.82. The SMILES string of the molecule is O=C(O)COc1ccccc1C=NNC(=O)c1cccc([N+](=O)[O-])c1. The summed E-state index contributed by atoms with van der Waals surface area (Å²) >= 11 is 0. The number of nitrogens with zero attached hydrogens (tertiary/aromatic N) is 2. The van der Waals surface area contributed by atoms with Gasteiger partial charge in [-0.2, -0.15) is 5.10 Å². The minimum Gasteiger partial charge on any atom is -0.481 e. The molecule has 0 bridgehead atoms. The summed E-state index contributed by atoms with van der Waals surface area (Å²) in [6, 6.07) is 11.8. The molecule has 2 rings (SSSR count). The van der Waals surface area contributed by atoms with Crippen LogP contribution in [-0.4, -0.2) is 34.7 Å². The zero-order valence-electron chi connectivity index (χ0n) is 12.8. The van der Waals surface area contributed by atoms with Gasteiger partial charge in [-0.25, -0.2) is 10.2 Å². The lowest BCUT2D eigenvalue weighted by Crippen LogP contribution is -2.17. The number of hydrogen-bond donors (Lipinski definition) is 2. The molecule has 0 atom stereocenters.